The highest BCUT2D eigenvalue weighted by Crippen LogP contribution is 2.19. The van der Waals surface area contributed by atoms with Crippen molar-refractivity contribution in [2.75, 3.05) is 6.54 Å². The number of aromatic nitrogens is 3. The lowest BCUT2D eigenvalue weighted by Crippen LogP contribution is -2.25. The minimum Gasteiger partial charge on any atom is -0.352 e. The number of nitrogens with one attached hydrogen (secondary N) is 1. The van der Waals surface area contributed by atoms with E-state index in [0.29, 0.717) is 18.5 Å². The second-order valence-corrected chi connectivity index (χ2v) is 4.79. The zero-order chi connectivity index (χ0) is 13.8. The standard InChI is InChI=1S/C12H12Cl2N4O/c1-18-7-8(5-17-18)2-3-15-12(19)9-4-10(13)11(14)16-6-9/h4-7H,2-3H2,1H3,(H,15,19). The van der Waals surface area contributed by atoms with Crippen LogP contribution in [-0.2, 0) is 13.5 Å². The number of pyridine rings is 1. The average Bonchev–Trinajstić information content (AvgIpc) is 2.78. The summed E-state index contributed by atoms with van der Waals surface area (Å²) in [5, 5.41) is 7.30. The van der Waals surface area contributed by atoms with Crippen molar-refractivity contribution in [1.82, 2.24) is 20.1 Å². The van der Waals surface area contributed by atoms with Gasteiger partial charge in [0.15, 0.2) is 0 Å². The molecule has 1 amide bonds. The van der Waals surface area contributed by atoms with Crippen LogP contribution in [0.1, 0.15) is 15.9 Å². The van der Waals surface area contributed by atoms with Crippen LogP contribution in [0.15, 0.2) is 24.7 Å². The van der Waals surface area contributed by atoms with E-state index < -0.39 is 0 Å². The zero-order valence-electron chi connectivity index (χ0n) is 10.2. The molecular weight excluding hydrogens is 287 g/mol. The average molecular weight is 299 g/mol. The van der Waals surface area contributed by atoms with Gasteiger partial charge in [-0.25, -0.2) is 4.98 Å². The lowest BCUT2D eigenvalue weighted by atomic mass is 10.2. The molecule has 0 fully saturated rings. The molecule has 100 valence electrons. The first-order valence-electron chi connectivity index (χ1n) is 5.63. The van der Waals surface area contributed by atoms with E-state index in [2.05, 4.69) is 15.4 Å². The summed E-state index contributed by atoms with van der Waals surface area (Å²) in [6.45, 7) is 0.519. The molecule has 0 atom stereocenters. The Morgan fingerprint density at radius 2 is 2.21 bits per heavy atom. The maximum absolute atomic E-state index is 11.8. The van der Waals surface area contributed by atoms with Gasteiger partial charge in [-0.3, -0.25) is 9.48 Å². The third-order valence-corrected chi connectivity index (χ3v) is 3.20. The fourth-order valence-corrected chi connectivity index (χ4v) is 1.84. The summed E-state index contributed by atoms with van der Waals surface area (Å²) in [6, 6.07) is 1.50. The molecule has 0 saturated carbocycles. The maximum atomic E-state index is 11.8. The summed E-state index contributed by atoms with van der Waals surface area (Å²) < 4.78 is 1.72. The number of carbonyl (C=O) groups excluding carboxylic acids is 1. The highest BCUT2D eigenvalue weighted by Gasteiger charge is 2.08. The van der Waals surface area contributed by atoms with E-state index in [1.165, 1.54) is 12.3 Å². The van der Waals surface area contributed by atoms with Gasteiger partial charge in [0, 0.05) is 26.0 Å². The predicted octanol–water partition coefficient (Wildman–Crippen LogP) is 2.09. The summed E-state index contributed by atoms with van der Waals surface area (Å²) in [5.41, 5.74) is 1.45. The molecule has 0 aliphatic carbocycles. The van der Waals surface area contributed by atoms with Crippen molar-refractivity contribution in [3.63, 3.8) is 0 Å². The van der Waals surface area contributed by atoms with E-state index in [9.17, 15) is 4.79 Å². The van der Waals surface area contributed by atoms with Gasteiger partial charge in [-0.2, -0.15) is 5.10 Å². The van der Waals surface area contributed by atoms with E-state index >= 15 is 0 Å². The van der Waals surface area contributed by atoms with Crippen LogP contribution in [-0.4, -0.2) is 27.2 Å². The molecular formula is C12H12Cl2N4O. The van der Waals surface area contributed by atoms with E-state index in [4.69, 9.17) is 23.2 Å². The smallest absolute Gasteiger partial charge is 0.252 e. The van der Waals surface area contributed by atoms with Gasteiger partial charge in [-0.1, -0.05) is 23.2 Å². The van der Waals surface area contributed by atoms with Gasteiger partial charge in [0.1, 0.15) is 5.15 Å². The minimum absolute atomic E-state index is 0.188. The highest BCUT2D eigenvalue weighted by atomic mass is 35.5. The molecule has 0 radical (unpaired) electrons. The van der Waals surface area contributed by atoms with Gasteiger partial charge in [0.2, 0.25) is 0 Å². The summed E-state index contributed by atoms with van der Waals surface area (Å²) in [6.07, 6.45) is 5.79. The Morgan fingerprint density at radius 1 is 1.42 bits per heavy atom. The summed E-state index contributed by atoms with van der Waals surface area (Å²) >= 11 is 11.5. The second-order valence-electron chi connectivity index (χ2n) is 4.02. The highest BCUT2D eigenvalue weighted by molar-refractivity contribution is 6.41. The van der Waals surface area contributed by atoms with Crippen LogP contribution in [0, 0.1) is 0 Å². The molecule has 5 nitrogen and oxygen atoms in total. The SMILES string of the molecule is Cn1cc(CCNC(=O)c2cnc(Cl)c(Cl)c2)cn1. The molecule has 0 aliphatic rings. The topological polar surface area (TPSA) is 59.8 Å². The maximum Gasteiger partial charge on any atom is 0.252 e. The van der Waals surface area contributed by atoms with E-state index in [1.807, 2.05) is 13.2 Å². The Balaban J connectivity index is 1.89. The normalized spacial score (nSPS) is 10.5. The molecule has 0 saturated heterocycles. The van der Waals surface area contributed by atoms with Gasteiger partial charge in [-0.15, -0.1) is 0 Å². The third-order valence-electron chi connectivity index (χ3n) is 2.52. The molecule has 0 bridgehead atoms. The number of carbonyl (C=O) groups is 1. The van der Waals surface area contributed by atoms with Crippen LogP contribution >= 0.6 is 23.2 Å². The number of amides is 1. The van der Waals surface area contributed by atoms with Crippen LogP contribution in [0.4, 0.5) is 0 Å². The molecule has 0 unspecified atom stereocenters. The van der Waals surface area contributed by atoms with Crippen molar-refractivity contribution >= 4 is 29.1 Å². The lowest BCUT2D eigenvalue weighted by Gasteiger charge is -2.04. The Hall–Kier alpha value is -1.59. The summed E-state index contributed by atoms with van der Waals surface area (Å²) in [5.74, 6) is -0.227. The molecule has 1 N–H and O–H groups in total. The molecule has 2 aromatic rings. The summed E-state index contributed by atoms with van der Waals surface area (Å²) in [4.78, 5) is 15.7. The molecule has 0 spiro atoms. The number of aryl methyl sites for hydroxylation is 1. The van der Waals surface area contributed by atoms with Crippen LogP contribution in [0.5, 0.6) is 0 Å². The first kappa shape index (κ1) is 13.8. The van der Waals surface area contributed by atoms with E-state index in [-0.39, 0.29) is 16.1 Å². The molecule has 0 aliphatic heterocycles. The van der Waals surface area contributed by atoms with Crippen molar-refractivity contribution in [3.05, 3.63) is 46.0 Å². The second kappa shape index (κ2) is 6.04. The van der Waals surface area contributed by atoms with Crippen LogP contribution in [0.3, 0.4) is 0 Å². The first-order chi connectivity index (χ1) is 9.06. The van der Waals surface area contributed by atoms with Crippen molar-refractivity contribution < 1.29 is 4.79 Å². The third kappa shape index (κ3) is 3.68. The van der Waals surface area contributed by atoms with Gasteiger partial charge in [0.05, 0.1) is 16.8 Å². The fraction of sp³-hybridized carbons (Fsp3) is 0.250. The fourth-order valence-electron chi connectivity index (χ4n) is 1.57. The predicted molar refractivity (Wildman–Crippen MR) is 73.5 cm³/mol. The quantitative estimate of drug-likeness (QED) is 0.879. The van der Waals surface area contributed by atoms with Crippen molar-refractivity contribution in [2.45, 2.75) is 6.42 Å². The number of hydrogen-bond acceptors (Lipinski definition) is 3. The Labute approximate surface area is 120 Å². The molecule has 19 heavy (non-hydrogen) atoms. The number of rotatable bonds is 4. The van der Waals surface area contributed by atoms with Gasteiger partial charge in [-0.05, 0) is 18.1 Å². The number of nitrogens with zero attached hydrogens (tertiary/aromatic N) is 3. The molecule has 2 rings (SSSR count). The van der Waals surface area contributed by atoms with Gasteiger partial charge in [0.25, 0.3) is 5.91 Å². The van der Waals surface area contributed by atoms with Crippen LogP contribution in [0.2, 0.25) is 10.2 Å². The number of hydrogen-bond donors (Lipinski definition) is 1. The van der Waals surface area contributed by atoms with Crippen LogP contribution in [0.25, 0.3) is 0 Å². The van der Waals surface area contributed by atoms with Crippen LogP contribution < -0.4 is 5.32 Å². The molecule has 0 aromatic carbocycles. The Morgan fingerprint density at radius 3 is 2.84 bits per heavy atom. The van der Waals surface area contributed by atoms with Gasteiger partial charge >= 0.3 is 0 Å². The molecule has 7 heteroatoms. The van der Waals surface area contributed by atoms with Crippen molar-refractivity contribution in [3.8, 4) is 0 Å². The largest absolute Gasteiger partial charge is 0.352 e. The zero-order valence-corrected chi connectivity index (χ0v) is 11.7. The van der Waals surface area contributed by atoms with Crippen molar-refractivity contribution in [1.29, 1.82) is 0 Å². The van der Waals surface area contributed by atoms with E-state index in [1.54, 1.807) is 10.9 Å². The Bertz CT molecular complexity index is 597. The lowest BCUT2D eigenvalue weighted by molar-refractivity contribution is 0.0954. The molecule has 2 heterocycles. The monoisotopic (exact) mass is 298 g/mol. The Kier molecular flexibility index (Phi) is 4.39. The van der Waals surface area contributed by atoms with Gasteiger partial charge < -0.3 is 5.32 Å². The first-order valence-corrected chi connectivity index (χ1v) is 6.38. The minimum atomic E-state index is -0.227. The summed E-state index contributed by atoms with van der Waals surface area (Å²) in [7, 11) is 1.85. The van der Waals surface area contributed by atoms with E-state index in [0.717, 1.165) is 5.56 Å². The molecule has 2 aromatic heterocycles. The number of halogens is 2. The van der Waals surface area contributed by atoms with Crippen molar-refractivity contribution in [2.24, 2.45) is 7.05 Å².